The van der Waals surface area contributed by atoms with Crippen molar-refractivity contribution < 1.29 is 52.7 Å². The molecule has 0 nitrogen and oxygen atoms in total. The fourth-order valence-electron chi connectivity index (χ4n) is 4.37. The molecule has 0 unspecified atom stereocenters. The minimum Gasteiger partial charge on any atom is -0.206 e. The van der Waals surface area contributed by atoms with Crippen LogP contribution in [0.25, 0.3) is 43.8 Å². The van der Waals surface area contributed by atoms with Crippen molar-refractivity contribution in [2.24, 2.45) is 0 Å². The van der Waals surface area contributed by atoms with Crippen molar-refractivity contribution >= 4 is 21.5 Å². The van der Waals surface area contributed by atoms with Gasteiger partial charge < -0.3 is 0 Å². The summed E-state index contributed by atoms with van der Waals surface area (Å²) in [4.78, 5) is 0. The zero-order valence-electron chi connectivity index (χ0n) is 18.0. The van der Waals surface area contributed by atoms with E-state index in [1.165, 1.54) is 0 Å². The largest absolute Gasteiger partial charge is 0.206 e. The van der Waals surface area contributed by atoms with Crippen LogP contribution in [0.3, 0.4) is 0 Å². The van der Waals surface area contributed by atoms with E-state index >= 15 is 4.39 Å². The molecule has 5 aromatic rings. The molecule has 0 fully saturated rings. The number of hydrogen-bond donors (Lipinski definition) is 0. The molecule has 0 saturated heterocycles. The van der Waals surface area contributed by atoms with E-state index < -0.39 is 114 Å². The molecule has 194 valence electrons. The molecule has 38 heavy (non-hydrogen) atoms. The smallest absolute Gasteiger partial charge is 0.200 e. The summed E-state index contributed by atoms with van der Waals surface area (Å²) < 4.78 is 174. The maximum Gasteiger partial charge on any atom is 0.200 e. The monoisotopic (exact) mass is 546 g/mol. The van der Waals surface area contributed by atoms with Crippen LogP contribution in [0.15, 0.2) is 36.4 Å². The van der Waals surface area contributed by atoms with Crippen molar-refractivity contribution in [1.82, 2.24) is 0 Å². The van der Waals surface area contributed by atoms with Crippen LogP contribution in [0.4, 0.5) is 52.7 Å². The predicted octanol–water partition coefficient (Wildman–Crippen LogP) is 9.00. The average molecular weight is 546 g/mol. The van der Waals surface area contributed by atoms with Gasteiger partial charge in [-0.2, -0.15) is 0 Å². The first-order chi connectivity index (χ1) is 17.9. The van der Waals surface area contributed by atoms with Crippen LogP contribution < -0.4 is 0 Å². The minimum atomic E-state index is -2.56. The SMILES string of the molecule is Fc1cc2c(-c3c(F)c(F)c(F)c(F)c3F)c3cccc(F)c3c(-c3c(F)c(F)cc(F)c3F)c2cc1F. The fourth-order valence-corrected chi connectivity index (χ4v) is 4.37. The lowest BCUT2D eigenvalue weighted by atomic mass is 9.84. The second-order valence-corrected chi connectivity index (χ2v) is 8.01. The predicted molar refractivity (Wildman–Crippen MR) is 112 cm³/mol. The minimum absolute atomic E-state index is 0.170. The van der Waals surface area contributed by atoms with Gasteiger partial charge in [-0.3, -0.25) is 0 Å². The Hall–Kier alpha value is -4.22. The Bertz CT molecular complexity index is 1790. The van der Waals surface area contributed by atoms with Crippen molar-refractivity contribution in [3.8, 4) is 22.3 Å². The van der Waals surface area contributed by atoms with Crippen LogP contribution in [-0.2, 0) is 0 Å². The molecular formula is C26H6F12. The van der Waals surface area contributed by atoms with Crippen LogP contribution >= 0.6 is 0 Å². The molecule has 0 aliphatic rings. The van der Waals surface area contributed by atoms with Gasteiger partial charge in [0, 0.05) is 22.6 Å². The Labute approximate surface area is 203 Å². The highest BCUT2D eigenvalue weighted by Crippen LogP contribution is 2.48. The Morgan fingerprint density at radius 2 is 0.763 bits per heavy atom. The zero-order valence-corrected chi connectivity index (χ0v) is 18.0. The van der Waals surface area contributed by atoms with Crippen molar-refractivity contribution in [2.45, 2.75) is 0 Å². The van der Waals surface area contributed by atoms with Gasteiger partial charge in [-0.25, -0.2) is 52.7 Å². The Morgan fingerprint density at radius 1 is 0.316 bits per heavy atom. The van der Waals surface area contributed by atoms with Crippen molar-refractivity contribution in [3.63, 3.8) is 0 Å². The normalized spacial score (nSPS) is 11.7. The molecule has 0 aliphatic carbocycles. The third-order valence-electron chi connectivity index (χ3n) is 5.95. The van der Waals surface area contributed by atoms with Crippen LogP contribution in [-0.4, -0.2) is 0 Å². The first-order valence-corrected chi connectivity index (χ1v) is 10.2. The Balaban J connectivity index is 2.17. The van der Waals surface area contributed by atoms with Crippen molar-refractivity contribution in [1.29, 1.82) is 0 Å². The summed E-state index contributed by atoms with van der Waals surface area (Å²) in [5.41, 5.74) is -5.50. The third kappa shape index (κ3) is 3.42. The molecule has 0 aliphatic heterocycles. The second-order valence-electron chi connectivity index (χ2n) is 8.01. The zero-order chi connectivity index (χ0) is 27.8. The van der Waals surface area contributed by atoms with Crippen LogP contribution in [0, 0.1) is 69.8 Å². The summed E-state index contributed by atoms with van der Waals surface area (Å²) in [6.45, 7) is 0. The van der Waals surface area contributed by atoms with Gasteiger partial charge >= 0.3 is 0 Å². The van der Waals surface area contributed by atoms with Gasteiger partial charge in [0.1, 0.15) is 5.82 Å². The topological polar surface area (TPSA) is 0 Å². The Morgan fingerprint density at radius 3 is 1.29 bits per heavy atom. The molecule has 0 spiro atoms. The van der Waals surface area contributed by atoms with Gasteiger partial charge in [-0.1, -0.05) is 12.1 Å². The van der Waals surface area contributed by atoms with Gasteiger partial charge in [0.25, 0.3) is 0 Å². The number of halogens is 12. The first-order valence-electron chi connectivity index (χ1n) is 10.2. The van der Waals surface area contributed by atoms with Gasteiger partial charge in [-0.05, 0) is 34.4 Å². The van der Waals surface area contributed by atoms with E-state index in [0.717, 1.165) is 12.1 Å². The quantitative estimate of drug-likeness (QED) is 0.0898. The van der Waals surface area contributed by atoms with E-state index in [1.807, 2.05) is 0 Å². The lowest BCUT2D eigenvalue weighted by molar-refractivity contribution is 0.381. The molecule has 5 aromatic carbocycles. The van der Waals surface area contributed by atoms with E-state index in [4.69, 9.17) is 0 Å². The molecule has 0 atom stereocenters. The van der Waals surface area contributed by atoms with Gasteiger partial charge in [-0.15, -0.1) is 0 Å². The summed E-state index contributed by atoms with van der Waals surface area (Å²) in [6.07, 6.45) is 0. The fraction of sp³-hybridized carbons (Fsp3) is 0. The van der Waals surface area contributed by atoms with Crippen LogP contribution in [0.5, 0.6) is 0 Å². The van der Waals surface area contributed by atoms with E-state index in [1.54, 1.807) is 0 Å². The summed E-state index contributed by atoms with van der Waals surface area (Å²) in [5.74, 6) is -25.4. The average Bonchev–Trinajstić information content (AvgIpc) is 2.87. The maximum atomic E-state index is 15.2. The molecule has 0 saturated carbocycles. The van der Waals surface area contributed by atoms with Gasteiger partial charge in [0.15, 0.2) is 58.2 Å². The lowest BCUT2D eigenvalue weighted by Gasteiger charge is -2.20. The van der Waals surface area contributed by atoms with Crippen molar-refractivity contribution in [2.75, 3.05) is 0 Å². The summed E-state index contributed by atoms with van der Waals surface area (Å²) in [6, 6.07) is 2.48. The summed E-state index contributed by atoms with van der Waals surface area (Å²) >= 11 is 0. The number of fused-ring (bicyclic) bond motifs is 2. The van der Waals surface area contributed by atoms with E-state index in [9.17, 15) is 48.3 Å². The van der Waals surface area contributed by atoms with Gasteiger partial charge in [0.2, 0.25) is 5.82 Å². The number of hydrogen-bond acceptors (Lipinski definition) is 0. The number of benzene rings is 5. The molecule has 0 amide bonds. The summed E-state index contributed by atoms with van der Waals surface area (Å²) in [7, 11) is 0. The van der Waals surface area contributed by atoms with Gasteiger partial charge in [0.05, 0.1) is 11.1 Å². The first kappa shape index (κ1) is 25.4. The highest BCUT2D eigenvalue weighted by Gasteiger charge is 2.32. The lowest BCUT2D eigenvalue weighted by Crippen LogP contribution is -2.06. The van der Waals surface area contributed by atoms with E-state index in [-0.39, 0.29) is 18.2 Å². The molecular weight excluding hydrogens is 540 g/mol. The molecule has 0 N–H and O–H groups in total. The molecule has 0 aromatic heterocycles. The number of rotatable bonds is 2. The third-order valence-corrected chi connectivity index (χ3v) is 5.95. The Kier molecular flexibility index (Phi) is 5.80. The highest BCUT2D eigenvalue weighted by molar-refractivity contribution is 6.21. The van der Waals surface area contributed by atoms with Crippen LogP contribution in [0.2, 0.25) is 0 Å². The van der Waals surface area contributed by atoms with E-state index in [2.05, 4.69) is 0 Å². The second kappa shape index (κ2) is 8.67. The maximum absolute atomic E-state index is 15.2. The summed E-state index contributed by atoms with van der Waals surface area (Å²) in [5, 5.41) is -3.76. The molecule has 5 rings (SSSR count). The highest BCUT2D eigenvalue weighted by atomic mass is 19.2. The van der Waals surface area contributed by atoms with Crippen molar-refractivity contribution in [3.05, 3.63) is 106 Å². The van der Waals surface area contributed by atoms with Crippen LogP contribution in [0.1, 0.15) is 0 Å². The molecule has 0 bridgehead atoms. The molecule has 0 heterocycles. The molecule has 0 radical (unpaired) electrons. The molecule has 12 heteroatoms. The van der Waals surface area contributed by atoms with E-state index in [0.29, 0.717) is 6.07 Å². The standard InChI is InChI=1S/C26H6F12/c27-10-3-1-2-7-15(18-22(34)24(36)26(38)25(37)23(18)35)8-4-11(28)12(29)5-9(8)17(16(7)10)19-20(32)13(30)6-14(31)21(19)33/h1-6H.